The highest BCUT2D eigenvalue weighted by molar-refractivity contribution is 14.0. The number of carbonyl (C=O) groups is 1. The van der Waals surface area contributed by atoms with Gasteiger partial charge in [-0.1, -0.05) is 30.7 Å². The second-order valence-electron chi connectivity index (χ2n) is 7.73. The number of amides is 1. The zero-order valence-electron chi connectivity index (χ0n) is 18.3. The normalized spacial score (nSPS) is 18.0. The van der Waals surface area contributed by atoms with E-state index >= 15 is 0 Å². The van der Waals surface area contributed by atoms with Crippen LogP contribution in [0.5, 0.6) is 0 Å². The van der Waals surface area contributed by atoms with Crippen molar-refractivity contribution in [3.8, 4) is 0 Å². The highest BCUT2D eigenvalue weighted by Crippen LogP contribution is 2.14. The number of carbonyl (C=O) groups excluding carboxylic acids is 1. The summed E-state index contributed by atoms with van der Waals surface area (Å²) in [5.74, 6) is 0.880. The molecule has 168 valence electrons. The molecule has 0 unspecified atom stereocenters. The molecular formula is C22H36IN5O2. The number of halogens is 1. The number of rotatable bonds is 5. The van der Waals surface area contributed by atoms with Gasteiger partial charge in [0.05, 0.1) is 6.61 Å². The second-order valence-corrected chi connectivity index (χ2v) is 7.73. The Bertz CT molecular complexity index is 669. The van der Waals surface area contributed by atoms with E-state index in [4.69, 9.17) is 4.74 Å². The number of hydrogen-bond acceptors (Lipinski definition) is 4. The third kappa shape index (κ3) is 7.30. The standard InChI is InChI=1S/C22H35N5O2.HI/c1-3-29-22(28)27-15-13-26(14-16-27)21(23-2)24-17-19-7-9-20(10-8-19)18-25-11-5-4-6-12-25;/h7-10H,3-6,11-18H2,1-2H3,(H,23,24);1H. The van der Waals surface area contributed by atoms with Gasteiger partial charge in [0.25, 0.3) is 0 Å². The van der Waals surface area contributed by atoms with E-state index in [2.05, 4.69) is 44.4 Å². The molecule has 2 saturated heterocycles. The molecule has 2 aliphatic rings. The highest BCUT2D eigenvalue weighted by atomic mass is 127. The molecule has 0 radical (unpaired) electrons. The lowest BCUT2D eigenvalue weighted by atomic mass is 10.1. The molecule has 7 nitrogen and oxygen atoms in total. The number of ether oxygens (including phenoxy) is 1. The van der Waals surface area contributed by atoms with Gasteiger partial charge < -0.3 is 19.9 Å². The molecule has 2 heterocycles. The molecule has 0 bridgehead atoms. The van der Waals surface area contributed by atoms with E-state index in [0.29, 0.717) is 19.7 Å². The third-order valence-electron chi connectivity index (χ3n) is 5.65. The lowest BCUT2D eigenvalue weighted by Crippen LogP contribution is -2.53. The molecule has 2 fully saturated rings. The van der Waals surface area contributed by atoms with Gasteiger partial charge in [0.1, 0.15) is 0 Å². The first-order valence-corrected chi connectivity index (χ1v) is 10.9. The van der Waals surface area contributed by atoms with E-state index in [0.717, 1.165) is 32.1 Å². The first kappa shape index (κ1) is 24.7. The fourth-order valence-electron chi connectivity index (χ4n) is 3.97. The van der Waals surface area contributed by atoms with Crippen LogP contribution in [0.15, 0.2) is 29.3 Å². The molecule has 1 amide bonds. The zero-order valence-corrected chi connectivity index (χ0v) is 20.6. The topological polar surface area (TPSA) is 60.4 Å². The van der Waals surface area contributed by atoms with Gasteiger partial charge in [0, 0.05) is 46.3 Å². The van der Waals surface area contributed by atoms with Crippen LogP contribution in [0.1, 0.15) is 37.3 Å². The molecule has 1 N–H and O–H groups in total. The van der Waals surface area contributed by atoms with Crippen LogP contribution in [0, 0.1) is 0 Å². The molecule has 3 rings (SSSR count). The van der Waals surface area contributed by atoms with Gasteiger partial charge in [-0.2, -0.15) is 0 Å². The van der Waals surface area contributed by atoms with Crippen molar-refractivity contribution in [3.63, 3.8) is 0 Å². The summed E-state index contributed by atoms with van der Waals surface area (Å²) in [6.45, 7) is 9.33. The predicted molar refractivity (Wildman–Crippen MR) is 131 cm³/mol. The van der Waals surface area contributed by atoms with Crippen LogP contribution in [0.2, 0.25) is 0 Å². The number of benzene rings is 1. The number of piperidine rings is 1. The largest absolute Gasteiger partial charge is 0.450 e. The fraction of sp³-hybridized carbons (Fsp3) is 0.636. The Morgan fingerprint density at radius 1 is 0.967 bits per heavy atom. The number of aliphatic imine (C=N–C) groups is 1. The summed E-state index contributed by atoms with van der Waals surface area (Å²) in [5, 5.41) is 3.46. The number of likely N-dealkylation sites (tertiary alicyclic amines) is 1. The summed E-state index contributed by atoms with van der Waals surface area (Å²) < 4.78 is 5.09. The monoisotopic (exact) mass is 529 g/mol. The van der Waals surface area contributed by atoms with Crippen LogP contribution >= 0.6 is 24.0 Å². The fourth-order valence-corrected chi connectivity index (χ4v) is 3.97. The molecule has 2 aliphatic heterocycles. The maximum Gasteiger partial charge on any atom is 0.409 e. The van der Waals surface area contributed by atoms with Gasteiger partial charge in [-0.3, -0.25) is 9.89 Å². The molecule has 0 aromatic heterocycles. The number of nitrogens with one attached hydrogen (secondary N) is 1. The van der Waals surface area contributed by atoms with Crippen molar-refractivity contribution in [3.05, 3.63) is 35.4 Å². The maximum absolute atomic E-state index is 11.8. The smallest absolute Gasteiger partial charge is 0.409 e. The summed E-state index contributed by atoms with van der Waals surface area (Å²) in [6, 6.07) is 8.90. The van der Waals surface area contributed by atoms with Crippen molar-refractivity contribution in [1.82, 2.24) is 20.0 Å². The quantitative estimate of drug-likeness (QED) is 0.361. The summed E-state index contributed by atoms with van der Waals surface area (Å²) in [4.78, 5) is 22.8. The molecule has 1 aromatic carbocycles. The lowest BCUT2D eigenvalue weighted by Gasteiger charge is -2.35. The molecule has 0 aliphatic carbocycles. The molecular weight excluding hydrogens is 493 g/mol. The SMILES string of the molecule is CCOC(=O)N1CCN(C(=NC)NCc2ccc(CN3CCCCC3)cc2)CC1.I. The maximum atomic E-state index is 11.8. The van der Waals surface area contributed by atoms with Crippen molar-refractivity contribution in [2.24, 2.45) is 4.99 Å². The predicted octanol–water partition coefficient (Wildman–Crippen LogP) is 3.14. The Morgan fingerprint density at radius 3 is 2.17 bits per heavy atom. The average Bonchev–Trinajstić information content (AvgIpc) is 2.76. The highest BCUT2D eigenvalue weighted by Gasteiger charge is 2.23. The Labute approximate surface area is 197 Å². The lowest BCUT2D eigenvalue weighted by molar-refractivity contribution is 0.0914. The van der Waals surface area contributed by atoms with E-state index in [-0.39, 0.29) is 30.1 Å². The van der Waals surface area contributed by atoms with Crippen LogP contribution < -0.4 is 5.32 Å². The van der Waals surface area contributed by atoms with Gasteiger partial charge in [0.15, 0.2) is 5.96 Å². The van der Waals surface area contributed by atoms with Crippen LogP contribution in [0.3, 0.4) is 0 Å². The van der Waals surface area contributed by atoms with E-state index < -0.39 is 0 Å². The minimum absolute atomic E-state index is 0. The molecule has 0 spiro atoms. The third-order valence-corrected chi connectivity index (χ3v) is 5.65. The first-order chi connectivity index (χ1) is 14.2. The summed E-state index contributed by atoms with van der Waals surface area (Å²) in [7, 11) is 1.81. The summed E-state index contributed by atoms with van der Waals surface area (Å²) in [6.07, 6.45) is 3.81. The van der Waals surface area contributed by atoms with Gasteiger partial charge in [-0.25, -0.2) is 4.79 Å². The van der Waals surface area contributed by atoms with Crippen molar-refractivity contribution < 1.29 is 9.53 Å². The van der Waals surface area contributed by atoms with E-state index in [9.17, 15) is 4.79 Å². The van der Waals surface area contributed by atoms with Crippen molar-refractivity contribution in [2.45, 2.75) is 39.3 Å². The molecule has 0 saturated carbocycles. The van der Waals surface area contributed by atoms with Crippen LogP contribution in [0.25, 0.3) is 0 Å². The first-order valence-electron chi connectivity index (χ1n) is 10.9. The van der Waals surface area contributed by atoms with E-state index in [1.165, 1.54) is 43.5 Å². The van der Waals surface area contributed by atoms with Gasteiger partial charge in [-0.15, -0.1) is 24.0 Å². The molecule has 1 aromatic rings. The van der Waals surface area contributed by atoms with Gasteiger partial charge in [-0.05, 0) is 44.0 Å². The Kier molecular flexibility index (Phi) is 10.7. The van der Waals surface area contributed by atoms with Crippen molar-refractivity contribution >= 4 is 36.0 Å². The molecule has 8 heteroatoms. The van der Waals surface area contributed by atoms with Crippen LogP contribution in [-0.2, 0) is 17.8 Å². The summed E-state index contributed by atoms with van der Waals surface area (Å²) >= 11 is 0. The minimum Gasteiger partial charge on any atom is -0.450 e. The number of nitrogens with zero attached hydrogens (tertiary/aromatic N) is 4. The molecule has 0 atom stereocenters. The van der Waals surface area contributed by atoms with E-state index in [1.807, 2.05) is 14.0 Å². The number of hydrogen-bond donors (Lipinski definition) is 1. The average molecular weight is 529 g/mol. The summed E-state index contributed by atoms with van der Waals surface area (Å²) in [5.41, 5.74) is 2.63. The Hall–Kier alpha value is -1.55. The Balaban J connectivity index is 0.00000320. The minimum atomic E-state index is -0.222. The van der Waals surface area contributed by atoms with Gasteiger partial charge >= 0.3 is 6.09 Å². The van der Waals surface area contributed by atoms with Crippen molar-refractivity contribution in [2.75, 3.05) is 52.9 Å². The number of guanidine groups is 1. The molecule has 30 heavy (non-hydrogen) atoms. The second kappa shape index (κ2) is 13.0. The zero-order chi connectivity index (χ0) is 20.5. The number of piperazine rings is 1. The van der Waals surface area contributed by atoms with Gasteiger partial charge in [0.2, 0.25) is 0 Å². The Morgan fingerprint density at radius 2 is 1.57 bits per heavy atom. The van der Waals surface area contributed by atoms with Crippen LogP contribution in [-0.4, -0.2) is 79.7 Å². The van der Waals surface area contributed by atoms with E-state index in [1.54, 1.807) is 4.90 Å². The van der Waals surface area contributed by atoms with Crippen LogP contribution in [0.4, 0.5) is 4.79 Å². The van der Waals surface area contributed by atoms with Crippen molar-refractivity contribution in [1.29, 1.82) is 0 Å².